The minimum absolute atomic E-state index is 0.0279. The normalized spacial score (nSPS) is 15.1. The van der Waals surface area contributed by atoms with Gasteiger partial charge in [0.15, 0.2) is 0 Å². The molecule has 0 aliphatic carbocycles. The third-order valence-electron chi connectivity index (χ3n) is 3.43. The number of carbonyl (C=O) groups excluding carboxylic acids is 2. The van der Waals surface area contributed by atoms with E-state index in [9.17, 15) is 9.59 Å². The number of ether oxygens (including phenoxy) is 1. The highest BCUT2D eigenvalue weighted by Crippen LogP contribution is 2.15. The predicted molar refractivity (Wildman–Crippen MR) is 73.7 cm³/mol. The summed E-state index contributed by atoms with van der Waals surface area (Å²) < 4.78 is 10.0. The highest BCUT2D eigenvalue weighted by Gasteiger charge is 2.24. The van der Waals surface area contributed by atoms with E-state index in [-0.39, 0.29) is 24.7 Å². The summed E-state index contributed by atoms with van der Waals surface area (Å²) in [6.07, 6.45) is 1.02. The maximum absolute atomic E-state index is 12.0. The maximum atomic E-state index is 12.0. The van der Waals surface area contributed by atoms with Crippen LogP contribution in [-0.4, -0.2) is 60.3 Å². The van der Waals surface area contributed by atoms with Gasteiger partial charge in [-0.05, 0) is 0 Å². The summed E-state index contributed by atoms with van der Waals surface area (Å²) in [5, 5.41) is 7.93. The fourth-order valence-corrected chi connectivity index (χ4v) is 2.13. The van der Waals surface area contributed by atoms with Crippen molar-refractivity contribution in [1.82, 2.24) is 15.1 Å². The number of carbonyl (C=O) groups is 2. The number of piperazine rings is 1. The van der Waals surface area contributed by atoms with E-state index in [1.54, 1.807) is 4.90 Å². The number of aromatic nitrogens is 2. The van der Waals surface area contributed by atoms with Crippen molar-refractivity contribution >= 4 is 17.9 Å². The van der Waals surface area contributed by atoms with Gasteiger partial charge in [0.2, 0.25) is 11.8 Å². The molecule has 0 atom stereocenters. The number of anilines is 1. The van der Waals surface area contributed by atoms with Gasteiger partial charge in [-0.3, -0.25) is 9.59 Å². The second-order valence-corrected chi connectivity index (χ2v) is 4.78. The Bertz CT molecular complexity index is 494. The maximum Gasteiger partial charge on any atom is 0.318 e. The van der Waals surface area contributed by atoms with Gasteiger partial charge in [-0.25, -0.2) is 0 Å². The lowest BCUT2D eigenvalue weighted by molar-refractivity contribution is -0.143. The number of methoxy groups -OCH3 is 1. The molecule has 116 valence electrons. The zero-order valence-corrected chi connectivity index (χ0v) is 12.4. The molecular weight excluding hydrogens is 276 g/mol. The Hall–Kier alpha value is -2.12. The minimum Gasteiger partial charge on any atom is -0.469 e. The Morgan fingerprint density at radius 3 is 2.48 bits per heavy atom. The monoisotopic (exact) mass is 296 g/mol. The molecule has 0 saturated carbocycles. The lowest BCUT2D eigenvalue weighted by atomic mass is 10.2. The number of rotatable bonds is 5. The lowest BCUT2D eigenvalue weighted by Gasteiger charge is -2.33. The van der Waals surface area contributed by atoms with Gasteiger partial charge in [0.1, 0.15) is 0 Å². The Morgan fingerprint density at radius 1 is 1.19 bits per heavy atom. The van der Waals surface area contributed by atoms with E-state index in [0.29, 0.717) is 44.5 Å². The first-order valence-electron chi connectivity index (χ1n) is 7.06. The second kappa shape index (κ2) is 7.05. The van der Waals surface area contributed by atoms with Crippen molar-refractivity contribution in [3.63, 3.8) is 0 Å². The van der Waals surface area contributed by atoms with Crippen LogP contribution in [0.2, 0.25) is 0 Å². The number of hydrogen-bond donors (Lipinski definition) is 0. The van der Waals surface area contributed by atoms with E-state index in [4.69, 9.17) is 4.42 Å². The molecule has 1 aliphatic rings. The van der Waals surface area contributed by atoms with Crippen LogP contribution in [-0.2, 0) is 20.7 Å². The molecule has 1 amide bonds. The number of amides is 1. The topological polar surface area (TPSA) is 88.8 Å². The molecule has 1 fully saturated rings. The molecule has 1 aromatic rings. The van der Waals surface area contributed by atoms with E-state index in [0.717, 1.165) is 0 Å². The molecule has 0 N–H and O–H groups in total. The Morgan fingerprint density at radius 2 is 1.90 bits per heavy atom. The van der Waals surface area contributed by atoms with Crippen molar-refractivity contribution in [3.05, 3.63) is 5.89 Å². The average molecular weight is 296 g/mol. The molecule has 1 saturated heterocycles. The predicted octanol–water partition coefficient (Wildman–Crippen LogP) is 0.234. The zero-order chi connectivity index (χ0) is 15.2. The molecule has 0 aromatic carbocycles. The quantitative estimate of drug-likeness (QED) is 0.719. The number of aryl methyl sites for hydroxylation is 1. The number of nitrogens with zero attached hydrogens (tertiary/aromatic N) is 4. The first-order chi connectivity index (χ1) is 10.1. The zero-order valence-electron chi connectivity index (χ0n) is 12.4. The third-order valence-corrected chi connectivity index (χ3v) is 3.43. The van der Waals surface area contributed by atoms with Crippen molar-refractivity contribution in [3.8, 4) is 0 Å². The van der Waals surface area contributed by atoms with Gasteiger partial charge in [-0.1, -0.05) is 12.0 Å². The van der Waals surface area contributed by atoms with Gasteiger partial charge >= 0.3 is 12.0 Å². The standard InChI is InChI=1S/C13H20N4O4/c1-3-10-14-15-13(21-10)17-8-6-16(7-9-17)11(18)4-5-12(19)20-2/h3-9H2,1-2H3. The smallest absolute Gasteiger partial charge is 0.318 e. The first-order valence-corrected chi connectivity index (χ1v) is 7.06. The van der Waals surface area contributed by atoms with Crippen molar-refractivity contribution in [2.24, 2.45) is 0 Å². The fraction of sp³-hybridized carbons (Fsp3) is 0.692. The highest BCUT2D eigenvalue weighted by molar-refractivity contribution is 5.81. The van der Waals surface area contributed by atoms with E-state index >= 15 is 0 Å². The summed E-state index contributed by atoms with van der Waals surface area (Å²) in [4.78, 5) is 26.7. The molecule has 2 rings (SSSR count). The molecule has 21 heavy (non-hydrogen) atoms. The fourth-order valence-electron chi connectivity index (χ4n) is 2.13. The van der Waals surface area contributed by atoms with Gasteiger partial charge in [0.05, 0.1) is 13.5 Å². The first kappa shape index (κ1) is 15.3. The lowest BCUT2D eigenvalue weighted by Crippen LogP contribution is -2.49. The second-order valence-electron chi connectivity index (χ2n) is 4.78. The molecule has 1 aromatic heterocycles. The van der Waals surface area contributed by atoms with Crippen LogP contribution in [0.3, 0.4) is 0 Å². The Labute approximate surface area is 123 Å². The largest absolute Gasteiger partial charge is 0.469 e. The highest BCUT2D eigenvalue weighted by atomic mass is 16.5. The van der Waals surface area contributed by atoms with Gasteiger partial charge in [-0.15, -0.1) is 5.10 Å². The van der Waals surface area contributed by atoms with Crippen LogP contribution >= 0.6 is 0 Å². The van der Waals surface area contributed by atoms with Crippen molar-refractivity contribution < 1.29 is 18.7 Å². The van der Waals surface area contributed by atoms with Crippen LogP contribution in [0, 0.1) is 0 Å². The molecule has 0 spiro atoms. The molecular formula is C13H20N4O4. The summed E-state index contributed by atoms with van der Waals surface area (Å²) in [5.74, 6) is 0.223. The third kappa shape index (κ3) is 3.93. The summed E-state index contributed by atoms with van der Waals surface area (Å²) in [7, 11) is 1.32. The summed E-state index contributed by atoms with van der Waals surface area (Å²) in [6.45, 7) is 4.42. The molecule has 0 radical (unpaired) electrons. The van der Waals surface area contributed by atoms with Crippen molar-refractivity contribution in [2.75, 3.05) is 38.2 Å². The van der Waals surface area contributed by atoms with Gasteiger partial charge < -0.3 is 19.0 Å². The van der Waals surface area contributed by atoms with E-state index in [2.05, 4.69) is 14.9 Å². The molecule has 8 nitrogen and oxygen atoms in total. The minimum atomic E-state index is -0.361. The van der Waals surface area contributed by atoms with Gasteiger partial charge in [0, 0.05) is 39.0 Å². The van der Waals surface area contributed by atoms with Crippen LogP contribution in [0.4, 0.5) is 6.01 Å². The van der Waals surface area contributed by atoms with E-state index in [1.807, 2.05) is 11.8 Å². The van der Waals surface area contributed by atoms with Crippen LogP contribution in [0.5, 0.6) is 0 Å². The van der Waals surface area contributed by atoms with Crippen molar-refractivity contribution in [2.45, 2.75) is 26.2 Å². The summed E-state index contributed by atoms with van der Waals surface area (Å²) in [5.41, 5.74) is 0. The van der Waals surface area contributed by atoms with E-state index in [1.165, 1.54) is 7.11 Å². The van der Waals surface area contributed by atoms with Gasteiger partial charge in [-0.2, -0.15) is 0 Å². The van der Waals surface area contributed by atoms with Gasteiger partial charge in [0.25, 0.3) is 0 Å². The van der Waals surface area contributed by atoms with E-state index < -0.39 is 0 Å². The van der Waals surface area contributed by atoms with Crippen LogP contribution < -0.4 is 4.90 Å². The molecule has 8 heteroatoms. The van der Waals surface area contributed by atoms with Crippen LogP contribution in [0.25, 0.3) is 0 Å². The SMILES string of the molecule is CCc1nnc(N2CCN(C(=O)CCC(=O)OC)CC2)o1. The van der Waals surface area contributed by atoms with Crippen molar-refractivity contribution in [1.29, 1.82) is 0 Å². The van der Waals surface area contributed by atoms with Crippen LogP contribution in [0.15, 0.2) is 4.42 Å². The average Bonchev–Trinajstić information content (AvgIpc) is 3.01. The number of hydrogen-bond acceptors (Lipinski definition) is 7. The van der Waals surface area contributed by atoms with Crippen LogP contribution in [0.1, 0.15) is 25.7 Å². The molecule has 0 bridgehead atoms. The molecule has 1 aliphatic heterocycles. The number of esters is 1. The summed E-state index contributed by atoms with van der Waals surface area (Å²) in [6, 6.07) is 0.508. The molecule has 0 unspecified atom stereocenters. The Balaban J connectivity index is 1.79. The Kier molecular flexibility index (Phi) is 5.13. The molecule has 2 heterocycles. The summed E-state index contributed by atoms with van der Waals surface area (Å²) >= 11 is 0.